The van der Waals surface area contributed by atoms with Gasteiger partial charge < -0.3 is 14.6 Å². The van der Waals surface area contributed by atoms with Gasteiger partial charge in [-0.2, -0.15) is 0 Å². The van der Waals surface area contributed by atoms with E-state index in [0.717, 1.165) is 12.0 Å². The van der Waals surface area contributed by atoms with Crippen LogP contribution in [0.15, 0.2) is 24.3 Å². The van der Waals surface area contributed by atoms with Gasteiger partial charge in [0.05, 0.1) is 26.1 Å². The summed E-state index contributed by atoms with van der Waals surface area (Å²) in [6.45, 7) is 7.73. The molecule has 6 nitrogen and oxygen atoms in total. The second-order valence-electron chi connectivity index (χ2n) is 7.12. The average molecular weight is 379 g/mol. The van der Waals surface area contributed by atoms with Crippen molar-refractivity contribution in [2.24, 2.45) is 5.92 Å². The van der Waals surface area contributed by atoms with Crippen molar-refractivity contribution in [3.8, 4) is 0 Å². The first-order valence-electron chi connectivity index (χ1n) is 9.52. The molecule has 0 radical (unpaired) electrons. The molecule has 27 heavy (non-hydrogen) atoms. The highest BCUT2D eigenvalue weighted by molar-refractivity contribution is 5.77. The van der Waals surface area contributed by atoms with E-state index in [1.807, 2.05) is 24.0 Å². The van der Waals surface area contributed by atoms with Crippen molar-refractivity contribution in [2.45, 2.75) is 39.5 Å². The molecule has 1 N–H and O–H groups in total. The lowest BCUT2D eigenvalue weighted by atomic mass is 9.97. The van der Waals surface area contributed by atoms with E-state index < -0.39 is 0 Å². The SMILES string of the molecule is COC(=O)CCN(CCO)CCOC(=O)C(C)c1ccc(CC(C)C)cc1. The summed E-state index contributed by atoms with van der Waals surface area (Å²) in [5.41, 5.74) is 2.20. The fourth-order valence-electron chi connectivity index (χ4n) is 2.78. The van der Waals surface area contributed by atoms with E-state index in [1.54, 1.807) is 0 Å². The molecule has 0 aliphatic heterocycles. The summed E-state index contributed by atoms with van der Waals surface area (Å²) in [5.74, 6) is -0.313. The predicted molar refractivity (Wildman–Crippen MR) is 105 cm³/mol. The van der Waals surface area contributed by atoms with Crippen molar-refractivity contribution in [3.63, 3.8) is 0 Å². The lowest BCUT2D eigenvalue weighted by Gasteiger charge is -2.21. The first kappa shape index (κ1) is 23.1. The lowest BCUT2D eigenvalue weighted by molar-refractivity contribution is -0.146. The molecule has 0 fully saturated rings. The number of carbonyl (C=O) groups excluding carboxylic acids is 2. The van der Waals surface area contributed by atoms with Gasteiger partial charge in [0.1, 0.15) is 6.61 Å². The zero-order chi connectivity index (χ0) is 20.2. The van der Waals surface area contributed by atoms with Gasteiger partial charge in [0.2, 0.25) is 0 Å². The predicted octanol–water partition coefficient (Wildman–Crippen LogP) is 2.39. The van der Waals surface area contributed by atoms with E-state index in [9.17, 15) is 9.59 Å². The van der Waals surface area contributed by atoms with Crippen molar-refractivity contribution in [1.29, 1.82) is 0 Å². The summed E-state index contributed by atoms with van der Waals surface area (Å²) in [6.07, 6.45) is 1.26. The normalized spacial score (nSPS) is 12.3. The molecule has 1 atom stereocenters. The minimum absolute atomic E-state index is 0.0196. The molecule has 1 aromatic carbocycles. The van der Waals surface area contributed by atoms with E-state index in [4.69, 9.17) is 9.84 Å². The minimum atomic E-state index is -0.334. The fraction of sp³-hybridized carbons (Fsp3) is 0.619. The standard InChI is InChI=1S/C21H33NO5/c1-16(2)15-18-5-7-19(8-6-18)17(3)21(25)27-14-12-22(11-13-23)10-9-20(24)26-4/h5-8,16-17,23H,9-15H2,1-4H3. The maximum absolute atomic E-state index is 12.3. The van der Waals surface area contributed by atoms with Crippen LogP contribution in [0.4, 0.5) is 0 Å². The Morgan fingerprint density at radius 2 is 1.74 bits per heavy atom. The van der Waals surface area contributed by atoms with Gasteiger partial charge in [0.15, 0.2) is 0 Å². The van der Waals surface area contributed by atoms with Crippen molar-refractivity contribution in [1.82, 2.24) is 4.90 Å². The molecule has 0 saturated heterocycles. The molecular weight excluding hydrogens is 346 g/mol. The van der Waals surface area contributed by atoms with Gasteiger partial charge >= 0.3 is 11.9 Å². The topological polar surface area (TPSA) is 76.1 Å². The van der Waals surface area contributed by atoms with Crippen LogP contribution in [0.3, 0.4) is 0 Å². The number of nitrogens with zero attached hydrogens (tertiary/aromatic N) is 1. The number of esters is 2. The maximum atomic E-state index is 12.3. The zero-order valence-corrected chi connectivity index (χ0v) is 16.9. The summed E-state index contributed by atoms with van der Waals surface area (Å²) >= 11 is 0. The molecule has 0 aliphatic rings. The molecule has 1 rings (SSSR count). The maximum Gasteiger partial charge on any atom is 0.313 e. The number of carbonyl (C=O) groups is 2. The number of ether oxygens (including phenoxy) is 2. The third kappa shape index (κ3) is 9.02. The number of aliphatic hydroxyl groups is 1. The van der Waals surface area contributed by atoms with Crippen molar-refractivity contribution < 1.29 is 24.2 Å². The molecule has 0 aliphatic carbocycles. The summed E-state index contributed by atoms with van der Waals surface area (Å²) < 4.78 is 10.0. The minimum Gasteiger partial charge on any atom is -0.469 e. The van der Waals surface area contributed by atoms with Crippen molar-refractivity contribution in [2.75, 3.05) is 40.0 Å². The van der Waals surface area contributed by atoms with E-state index in [2.05, 4.69) is 30.7 Å². The van der Waals surface area contributed by atoms with Gasteiger partial charge in [-0.1, -0.05) is 38.1 Å². The molecule has 1 unspecified atom stereocenters. The Hall–Kier alpha value is -1.92. The van der Waals surface area contributed by atoms with E-state index in [0.29, 0.717) is 25.6 Å². The lowest BCUT2D eigenvalue weighted by Crippen LogP contribution is -2.33. The van der Waals surface area contributed by atoms with Crippen LogP contribution in [-0.2, 0) is 25.5 Å². The molecule has 0 amide bonds. The molecular formula is C21H33NO5. The molecule has 0 heterocycles. The van der Waals surface area contributed by atoms with Crippen LogP contribution < -0.4 is 0 Å². The van der Waals surface area contributed by atoms with Crippen LogP contribution in [0.2, 0.25) is 0 Å². The molecule has 0 spiro atoms. The summed E-state index contributed by atoms with van der Waals surface area (Å²) in [7, 11) is 1.34. The quantitative estimate of drug-likeness (QED) is 0.562. The highest BCUT2D eigenvalue weighted by atomic mass is 16.5. The number of benzene rings is 1. The Kier molecular flexibility index (Phi) is 10.7. The second kappa shape index (κ2) is 12.5. The smallest absolute Gasteiger partial charge is 0.313 e. The second-order valence-corrected chi connectivity index (χ2v) is 7.12. The van der Waals surface area contributed by atoms with E-state index in [1.165, 1.54) is 12.7 Å². The van der Waals surface area contributed by atoms with Gasteiger partial charge in [0.25, 0.3) is 0 Å². The number of aliphatic hydroxyl groups excluding tert-OH is 1. The summed E-state index contributed by atoms with van der Waals surface area (Å²) in [5, 5.41) is 9.12. The van der Waals surface area contributed by atoms with Crippen LogP contribution in [0.5, 0.6) is 0 Å². The average Bonchev–Trinajstić information content (AvgIpc) is 2.65. The zero-order valence-electron chi connectivity index (χ0n) is 16.9. The van der Waals surface area contributed by atoms with Crippen molar-refractivity contribution in [3.05, 3.63) is 35.4 Å². The third-order valence-electron chi connectivity index (χ3n) is 4.41. The molecule has 0 saturated carbocycles. The largest absolute Gasteiger partial charge is 0.469 e. The Morgan fingerprint density at radius 3 is 2.30 bits per heavy atom. The number of methoxy groups -OCH3 is 1. The Balaban J connectivity index is 2.46. The molecule has 152 valence electrons. The van der Waals surface area contributed by atoms with Crippen LogP contribution in [0, 0.1) is 5.92 Å². The summed E-state index contributed by atoms with van der Waals surface area (Å²) in [6, 6.07) is 8.10. The van der Waals surface area contributed by atoms with Gasteiger partial charge in [-0.15, -0.1) is 0 Å². The fourth-order valence-corrected chi connectivity index (χ4v) is 2.78. The highest BCUT2D eigenvalue weighted by Crippen LogP contribution is 2.19. The van der Waals surface area contributed by atoms with Crippen LogP contribution in [0.1, 0.15) is 44.2 Å². The monoisotopic (exact) mass is 379 g/mol. The van der Waals surface area contributed by atoms with Gasteiger partial charge in [0, 0.05) is 19.6 Å². The van der Waals surface area contributed by atoms with Crippen molar-refractivity contribution >= 4 is 11.9 Å². The van der Waals surface area contributed by atoms with Gasteiger partial charge in [-0.05, 0) is 30.4 Å². The van der Waals surface area contributed by atoms with E-state index >= 15 is 0 Å². The number of hydrogen-bond acceptors (Lipinski definition) is 6. The number of rotatable bonds is 12. The Morgan fingerprint density at radius 1 is 1.07 bits per heavy atom. The number of hydrogen-bond donors (Lipinski definition) is 1. The Bertz CT molecular complexity index is 570. The Labute approximate surface area is 162 Å². The molecule has 6 heteroatoms. The molecule has 0 aromatic heterocycles. The van der Waals surface area contributed by atoms with Gasteiger partial charge in [-0.3, -0.25) is 14.5 Å². The van der Waals surface area contributed by atoms with Crippen LogP contribution in [-0.4, -0.2) is 61.9 Å². The van der Waals surface area contributed by atoms with Crippen LogP contribution in [0.25, 0.3) is 0 Å². The first-order chi connectivity index (χ1) is 12.9. The first-order valence-corrected chi connectivity index (χ1v) is 9.52. The van der Waals surface area contributed by atoms with E-state index in [-0.39, 0.29) is 37.5 Å². The van der Waals surface area contributed by atoms with Gasteiger partial charge in [-0.25, -0.2) is 0 Å². The molecule has 0 bridgehead atoms. The van der Waals surface area contributed by atoms with Crippen LogP contribution >= 0.6 is 0 Å². The highest BCUT2D eigenvalue weighted by Gasteiger charge is 2.17. The molecule has 1 aromatic rings. The summed E-state index contributed by atoms with van der Waals surface area (Å²) in [4.78, 5) is 25.4. The third-order valence-corrected chi connectivity index (χ3v) is 4.41.